The van der Waals surface area contributed by atoms with Crippen molar-refractivity contribution in [1.82, 2.24) is 20.4 Å². The summed E-state index contributed by atoms with van der Waals surface area (Å²) in [5, 5.41) is 6.87. The summed E-state index contributed by atoms with van der Waals surface area (Å²) in [4.78, 5) is 9.42. The van der Waals surface area contributed by atoms with Gasteiger partial charge in [-0.3, -0.25) is 4.90 Å². The summed E-state index contributed by atoms with van der Waals surface area (Å²) in [6, 6.07) is 8.84. The van der Waals surface area contributed by atoms with Gasteiger partial charge in [-0.15, -0.1) is 0 Å². The maximum absolute atomic E-state index is 5.82. The minimum absolute atomic E-state index is 0.618. The Hall–Kier alpha value is -1.79. The molecule has 2 N–H and O–H groups in total. The molecule has 1 saturated heterocycles. The lowest BCUT2D eigenvalue weighted by Crippen LogP contribution is -2.44. The molecular weight excluding hydrogens is 338 g/mol. The minimum atomic E-state index is 0.618. The average molecular weight is 376 g/mol. The van der Waals surface area contributed by atoms with Crippen LogP contribution in [-0.2, 0) is 6.54 Å². The van der Waals surface area contributed by atoms with Crippen LogP contribution in [0.15, 0.2) is 29.3 Å². The smallest absolute Gasteiger partial charge is 0.191 e. The molecule has 0 amide bonds. The molecule has 1 aliphatic rings. The Balaban J connectivity index is 1.87. The number of likely N-dealkylation sites (tertiary alicyclic amines) is 1. The van der Waals surface area contributed by atoms with Gasteiger partial charge in [-0.25, -0.2) is 4.99 Å². The molecule has 1 fully saturated rings. The molecule has 1 atom stereocenters. The highest BCUT2D eigenvalue weighted by Crippen LogP contribution is 2.16. The number of likely N-dealkylation sites (N-methyl/N-ethyl adjacent to an activating group) is 2. The monoisotopic (exact) mass is 375 g/mol. The zero-order valence-corrected chi connectivity index (χ0v) is 17.5. The number of nitrogens with zero attached hydrogens (tertiary/aromatic N) is 3. The maximum Gasteiger partial charge on any atom is 0.191 e. The van der Waals surface area contributed by atoms with Gasteiger partial charge in [0.15, 0.2) is 5.96 Å². The van der Waals surface area contributed by atoms with Crippen molar-refractivity contribution in [3.05, 3.63) is 29.8 Å². The Morgan fingerprint density at radius 3 is 2.89 bits per heavy atom. The maximum atomic E-state index is 5.82. The fraction of sp³-hybridized carbons (Fsp3) is 0.667. The Labute approximate surface area is 165 Å². The number of aliphatic imine (C=N–C) groups is 1. The number of ether oxygens (including phenoxy) is 1. The Morgan fingerprint density at radius 1 is 1.30 bits per heavy atom. The second-order valence-corrected chi connectivity index (χ2v) is 7.30. The molecule has 2 rings (SSSR count). The highest BCUT2D eigenvalue weighted by Gasteiger charge is 2.22. The first-order valence-corrected chi connectivity index (χ1v) is 10.2. The van der Waals surface area contributed by atoms with Crippen molar-refractivity contribution in [1.29, 1.82) is 0 Å². The first-order chi connectivity index (χ1) is 13.1. The van der Waals surface area contributed by atoms with Gasteiger partial charge >= 0.3 is 0 Å². The van der Waals surface area contributed by atoms with E-state index in [2.05, 4.69) is 60.5 Å². The standard InChI is InChI=1S/C21H37N5O/c1-5-22-21(24-17-19-10-8-12-26(19)6-2)23-16-18-9-7-11-20(15-18)27-14-13-25(3)4/h7,9,11,15,19H,5-6,8,10,12-14,16-17H2,1-4H3,(H2,22,23,24). The van der Waals surface area contributed by atoms with Gasteiger partial charge in [0.05, 0.1) is 6.54 Å². The van der Waals surface area contributed by atoms with E-state index in [1.54, 1.807) is 0 Å². The summed E-state index contributed by atoms with van der Waals surface area (Å²) in [5.41, 5.74) is 1.16. The van der Waals surface area contributed by atoms with Crippen LogP contribution < -0.4 is 15.4 Å². The molecule has 27 heavy (non-hydrogen) atoms. The van der Waals surface area contributed by atoms with Gasteiger partial charge in [0.2, 0.25) is 0 Å². The third-order valence-electron chi connectivity index (χ3n) is 4.88. The molecule has 0 aliphatic carbocycles. The SMILES string of the molecule is CCNC(=NCc1cccc(OCCN(C)C)c1)NCC1CCCN1CC. The van der Waals surface area contributed by atoms with E-state index < -0.39 is 0 Å². The van der Waals surface area contributed by atoms with Crippen molar-refractivity contribution < 1.29 is 4.74 Å². The Morgan fingerprint density at radius 2 is 2.15 bits per heavy atom. The van der Waals surface area contributed by atoms with E-state index in [0.29, 0.717) is 19.2 Å². The molecule has 152 valence electrons. The van der Waals surface area contributed by atoms with E-state index in [1.807, 2.05) is 12.1 Å². The zero-order valence-electron chi connectivity index (χ0n) is 17.5. The van der Waals surface area contributed by atoms with E-state index in [4.69, 9.17) is 9.73 Å². The minimum Gasteiger partial charge on any atom is -0.492 e. The lowest BCUT2D eigenvalue weighted by atomic mass is 10.2. The molecule has 0 spiro atoms. The van der Waals surface area contributed by atoms with Gasteiger partial charge in [0.25, 0.3) is 0 Å². The highest BCUT2D eigenvalue weighted by atomic mass is 16.5. The number of hydrogen-bond donors (Lipinski definition) is 2. The van der Waals surface area contributed by atoms with Crippen molar-refractivity contribution in [2.75, 3.05) is 53.4 Å². The van der Waals surface area contributed by atoms with Crippen LogP contribution in [0.25, 0.3) is 0 Å². The van der Waals surface area contributed by atoms with Crippen molar-refractivity contribution in [3.8, 4) is 5.75 Å². The Bertz CT molecular complexity index is 575. The van der Waals surface area contributed by atoms with Crippen molar-refractivity contribution in [2.24, 2.45) is 4.99 Å². The molecule has 6 heteroatoms. The summed E-state index contributed by atoms with van der Waals surface area (Å²) in [6.07, 6.45) is 2.57. The van der Waals surface area contributed by atoms with Crippen LogP contribution in [0, 0.1) is 0 Å². The number of nitrogens with one attached hydrogen (secondary N) is 2. The summed E-state index contributed by atoms with van der Waals surface area (Å²) < 4.78 is 5.82. The molecule has 1 heterocycles. The molecule has 1 unspecified atom stereocenters. The van der Waals surface area contributed by atoms with Gasteiger partial charge < -0.3 is 20.3 Å². The lowest BCUT2D eigenvalue weighted by Gasteiger charge is -2.24. The summed E-state index contributed by atoms with van der Waals surface area (Å²) in [6.45, 7) is 10.7. The first kappa shape index (κ1) is 21.5. The van der Waals surface area contributed by atoms with Gasteiger partial charge in [0.1, 0.15) is 12.4 Å². The van der Waals surface area contributed by atoms with Gasteiger partial charge in [-0.05, 0) is 64.6 Å². The van der Waals surface area contributed by atoms with Gasteiger partial charge in [-0.2, -0.15) is 0 Å². The van der Waals surface area contributed by atoms with Crippen molar-refractivity contribution >= 4 is 5.96 Å². The summed E-state index contributed by atoms with van der Waals surface area (Å²) >= 11 is 0. The predicted octanol–water partition coefficient (Wildman–Crippen LogP) is 2.17. The van der Waals surface area contributed by atoms with E-state index in [-0.39, 0.29) is 0 Å². The van der Waals surface area contributed by atoms with E-state index in [0.717, 1.165) is 43.5 Å². The summed E-state index contributed by atoms with van der Waals surface area (Å²) in [5.74, 6) is 1.80. The fourth-order valence-corrected chi connectivity index (χ4v) is 3.35. The highest BCUT2D eigenvalue weighted by molar-refractivity contribution is 5.79. The molecule has 0 bridgehead atoms. The first-order valence-electron chi connectivity index (χ1n) is 10.2. The molecule has 0 radical (unpaired) electrons. The topological polar surface area (TPSA) is 52.1 Å². The van der Waals surface area contributed by atoms with E-state index in [1.165, 1.54) is 19.4 Å². The molecular formula is C21H37N5O. The predicted molar refractivity (Wildman–Crippen MR) is 114 cm³/mol. The van der Waals surface area contributed by atoms with Crippen molar-refractivity contribution in [3.63, 3.8) is 0 Å². The normalized spacial score (nSPS) is 18.1. The second-order valence-electron chi connectivity index (χ2n) is 7.30. The largest absolute Gasteiger partial charge is 0.492 e. The lowest BCUT2D eigenvalue weighted by molar-refractivity contribution is 0.261. The van der Waals surface area contributed by atoms with Gasteiger partial charge in [-0.1, -0.05) is 19.1 Å². The second kappa shape index (κ2) is 11.8. The molecule has 1 aromatic carbocycles. The number of rotatable bonds is 10. The molecule has 1 aromatic rings. The van der Waals surface area contributed by atoms with Crippen LogP contribution in [0.2, 0.25) is 0 Å². The molecule has 6 nitrogen and oxygen atoms in total. The molecule has 0 saturated carbocycles. The van der Waals surface area contributed by atoms with Crippen LogP contribution in [0.1, 0.15) is 32.3 Å². The zero-order chi connectivity index (χ0) is 19.5. The number of hydrogen-bond acceptors (Lipinski definition) is 4. The van der Waals surface area contributed by atoms with Crippen molar-refractivity contribution in [2.45, 2.75) is 39.3 Å². The van der Waals surface area contributed by atoms with Crippen LogP contribution >= 0.6 is 0 Å². The van der Waals surface area contributed by atoms with Crippen LogP contribution in [0.5, 0.6) is 5.75 Å². The number of benzene rings is 1. The molecule has 1 aliphatic heterocycles. The van der Waals surface area contributed by atoms with Crippen LogP contribution in [0.4, 0.5) is 0 Å². The van der Waals surface area contributed by atoms with Gasteiger partial charge in [0, 0.05) is 25.7 Å². The van der Waals surface area contributed by atoms with E-state index >= 15 is 0 Å². The van der Waals surface area contributed by atoms with Crippen LogP contribution in [-0.4, -0.2) is 75.2 Å². The fourth-order valence-electron chi connectivity index (χ4n) is 3.35. The van der Waals surface area contributed by atoms with E-state index in [9.17, 15) is 0 Å². The quantitative estimate of drug-likeness (QED) is 0.485. The Kier molecular flexibility index (Phi) is 9.42. The molecule has 0 aromatic heterocycles. The average Bonchev–Trinajstić information content (AvgIpc) is 3.11. The third kappa shape index (κ3) is 7.77. The third-order valence-corrected chi connectivity index (χ3v) is 4.88. The number of guanidine groups is 1. The van der Waals surface area contributed by atoms with Crippen LogP contribution in [0.3, 0.4) is 0 Å². The summed E-state index contributed by atoms with van der Waals surface area (Å²) in [7, 11) is 4.10.